The molecule has 6 nitrogen and oxygen atoms in total. The van der Waals surface area contributed by atoms with Gasteiger partial charge < -0.3 is 9.47 Å². The summed E-state index contributed by atoms with van der Waals surface area (Å²) in [6, 6.07) is 5.05. The first kappa shape index (κ1) is 13.1. The lowest BCUT2D eigenvalue weighted by Crippen LogP contribution is -2.05. The lowest BCUT2D eigenvalue weighted by molar-refractivity contribution is 0.112. The maximum Gasteiger partial charge on any atom is 0.164 e. The molecule has 0 saturated heterocycles. The van der Waals surface area contributed by atoms with E-state index >= 15 is 0 Å². The molecule has 100 valence electrons. The molecule has 0 unspecified atom stereocenters. The number of carbonyl (C=O) groups excluding carboxylic acids is 1. The number of hydrogen-bond donors (Lipinski definition) is 0. The summed E-state index contributed by atoms with van der Waals surface area (Å²) < 4.78 is 12.7. The van der Waals surface area contributed by atoms with Gasteiger partial charge in [0.25, 0.3) is 0 Å². The first-order chi connectivity index (χ1) is 9.24. The van der Waals surface area contributed by atoms with Crippen molar-refractivity contribution in [3.05, 3.63) is 35.9 Å². The van der Waals surface area contributed by atoms with Crippen LogP contribution in [0.15, 0.2) is 24.5 Å². The van der Waals surface area contributed by atoms with Crippen LogP contribution in [0.5, 0.6) is 11.5 Å². The molecule has 2 rings (SSSR count). The zero-order valence-corrected chi connectivity index (χ0v) is 10.9. The van der Waals surface area contributed by atoms with E-state index in [4.69, 9.17) is 9.47 Å². The van der Waals surface area contributed by atoms with Crippen LogP contribution in [-0.2, 0) is 13.7 Å². The largest absolute Gasteiger partial charge is 0.490 e. The molecule has 6 heteroatoms. The minimum atomic E-state index is 0.289. The highest BCUT2D eigenvalue weighted by Crippen LogP contribution is 2.28. The van der Waals surface area contributed by atoms with E-state index < -0.39 is 0 Å². The van der Waals surface area contributed by atoms with E-state index in [9.17, 15) is 4.79 Å². The summed E-state index contributed by atoms with van der Waals surface area (Å²) in [6.45, 7) is 2.67. The molecule has 0 aliphatic carbocycles. The van der Waals surface area contributed by atoms with Gasteiger partial charge in [0.15, 0.2) is 17.3 Å². The molecule has 0 fully saturated rings. The minimum Gasteiger partial charge on any atom is -0.490 e. The van der Waals surface area contributed by atoms with Gasteiger partial charge in [-0.15, -0.1) is 0 Å². The van der Waals surface area contributed by atoms with Crippen molar-refractivity contribution < 1.29 is 14.3 Å². The maximum atomic E-state index is 10.7. The monoisotopic (exact) mass is 261 g/mol. The fraction of sp³-hybridized carbons (Fsp3) is 0.308. The number of benzene rings is 1. The minimum absolute atomic E-state index is 0.289. The molecular weight excluding hydrogens is 246 g/mol. The van der Waals surface area contributed by atoms with Gasteiger partial charge >= 0.3 is 0 Å². The van der Waals surface area contributed by atoms with Gasteiger partial charge in [-0.25, -0.2) is 4.98 Å². The first-order valence-electron chi connectivity index (χ1n) is 5.92. The Morgan fingerprint density at radius 3 is 2.79 bits per heavy atom. The Morgan fingerprint density at radius 2 is 2.16 bits per heavy atom. The Labute approximate surface area is 111 Å². The highest BCUT2D eigenvalue weighted by molar-refractivity contribution is 5.76. The molecule has 1 aromatic carbocycles. The van der Waals surface area contributed by atoms with E-state index in [0.29, 0.717) is 29.5 Å². The topological polar surface area (TPSA) is 66.2 Å². The van der Waals surface area contributed by atoms with Crippen LogP contribution < -0.4 is 9.47 Å². The summed E-state index contributed by atoms with van der Waals surface area (Å²) in [5.74, 6) is 1.84. The molecule has 0 amide bonds. The van der Waals surface area contributed by atoms with Crippen LogP contribution in [0, 0.1) is 0 Å². The zero-order chi connectivity index (χ0) is 13.7. The summed E-state index contributed by atoms with van der Waals surface area (Å²) in [5.41, 5.74) is 0.550. The smallest absolute Gasteiger partial charge is 0.164 e. The Kier molecular flexibility index (Phi) is 4.12. The fourth-order valence-corrected chi connectivity index (χ4v) is 1.58. The molecule has 0 N–H and O–H groups in total. The molecule has 1 heterocycles. The van der Waals surface area contributed by atoms with E-state index in [0.717, 1.165) is 6.29 Å². The molecule has 0 spiro atoms. The number of aromatic nitrogens is 3. The summed E-state index contributed by atoms with van der Waals surface area (Å²) in [6.07, 6.45) is 2.24. The molecule has 0 saturated carbocycles. The van der Waals surface area contributed by atoms with Crippen molar-refractivity contribution >= 4 is 6.29 Å². The van der Waals surface area contributed by atoms with E-state index in [1.165, 1.54) is 6.33 Å². The van der Waals surface area contributed by atoms with Crippen LogP contribution in [0.2, 0.25) is 0 Å². The number of nitrogens with zero attached hydrogens (tertiary/aromatic N) is 3. The van der Waals surface area contributed by atoms with Crippen molar-refractivity contribution in [3.8, 4) is 11.5 Å². The average Bonchev–Trinajstić information content (AvgIpc) is 2.83. The van der Waals surface area contributed by atoms with Gasteiger partial charge in [0, 0.05) is 12.6 Å². The van der Waals surface area contributed by atoms with Crippen molar-refractivity contribution in [1.82, 2.24) is 14.8 Å². The van der Waals surface area contributed by atoms with E-state index in [1.54, 1.807) is 29.9 Å². The second-order valence-electron chi connectivity index (χ2n) is 3.85. The molecule has 1 aromatic heterocycles. The zero-order valence-electron chi connectivity index (χ0n) is 10.9. The van der Waals surface area contributed by atoms with E-state index in [2.05, 4.69) is 10.1 Å². The summed E-state index contributed by atoms with van der Waals surface area (Å²) in [4.78, 5) is 14.8. The molecular formula is C13H15N3O3. The number of aldehydes is 1. The summed E-state index contributed by atoms with van der Waals surface area (Å²) in [5, 5.41) is 3.96. The van der Waals surface area contributed by atoms with Gasteiger partial charge in [-0.1, -0.05) is 0 Å². The number of hydrogen-bond acceptors (Lipinski definition) is 5. The van der Waals surface area contributed by atoms with Gasteiger partial charge in [-0.05, 0) is 25.1 Å². The van der Waals surface area contributed by atoms with Crippen LogP contribution in [0.25, 0.3) is 0 Å². The second-order valence-corrected chi connectivity index (χ2v) is 3.85. The summed E-state index contributed by atoms with van der Waals surface area (Å²) >= 11 is 0. The van der Waals surface area contributed by atoms with Crippen LogP contribution in [0.1, 0.15) is 23.1 Å². The average molecular weight is 261 g/mol. The highest BCUT2D eigenvalue weighted by atomic mass is 16.5. The normalized spacial score (nSPS) is 10.2. The van der Waals surface area contributed by atoms with Gasteiger partial charge in [0.1, 0.15) is 19.2 Å². The number of rotatable bonds is 6. The van der Waals surface area contributed by atoms with Crippen LogP contribution in [0.3, 0.4) is 0 Å². The van der Waals surface area contributed by atoms with Crippen LogP contribution in [-0.4, -0.2) is 27.7 Å². The molecule has 2 aromatic rings. The lowest BCUT2D eigenvalue weighted by atomic mass is 10.2. The number of carbonyl (C=O) groups is 1. The Bertz CT molecular complexity index is 566. The van der Waals surface area contributed by atoms with E-state index in [-0.39, 0.29) is 6.61 Å². The molecule has 0 atom stereocenters. The number of aryl methyl sites for hydroxylation is 1. The highest BCUT2D eigenvalue weighted by Gasteiger charge is 2.08. The van der Waals surface area contributed by atoms with Gasteiger partial charge in [0.2, 0.25) is 0 Å². The van der Waals surface area contributed by atoms with Crippen molar-refractivity contribution in [2.45, 2.75) is 13.5 Å². The third-order valence-electron chi connectivity index (χ3n) is 2.57. The molecule has 19 heavy (non-hydrogen) atoms. The molecule has 0 aliphatic heterocycles. The molecule has 0 radical (unpaired) electrons. The van der Waals surface area contributed by atoms with Gasteiger partial charge in [0.05, 0.1) is 6.61 Å². The number of ether oxygens (including phenoxy) is 2. The second kappa shape index (κ2) is 5.99. The fourth-order valence-electron chi connectivity index (χ4n) is 1.58. The Hall–Kier alpha value is -2.37. The first-order valence-corrected chi connectivity index (χ1v) is 5.92. The molecule has 0 bridgehead atoms. The van der Waals surface area contributed by atoms with Crippen LogP contribution >= 0.6 is 0 Å². The lowest BCUT2D eigenvalue weighted by Gasteiger charge is -2.11. The third-order valence-corrected chi connectivity index (χ3v) is 2.57. The molecule has 0 aliphatic rings. The van der Waals surface area contributed by atoms with Crippen molar-refractivity contribution in [3.63, 3.8) is 0 Å². The van der Waals surface area contributed by atoms with Crippen LogP contribution in [0.4, 0.5) is 0 Å². The summed E-state index contributed by atoms with van der Waals surface area (Å²) in [7, 11) is 1.80. The van der Waals surface area contributed by atoms with Gasteiger partial charge in [-0.2, -0.15) is 5.10 Å². The van der Waals surface area contributed by atoms with Crippen molar-refractivity contribution in [1.29, 1.82) is 0 Å². The third kappa shape index (κ3) is 3.09. The SMILES string of the molecule is CCOc1cc(C=O)ccc1OCc1ncnn1C. The predicted molar refractivity (Wildman–Crippen MR) is 68.3 cm³/mol. The Balaban J connectivity index is 2.14. The van der Waals surface area contributed by atoms with Gasteiger partial charge in [-0.3, -0.25) is 9.48 Å². The predicted octanol–water partition coefficient (Wildman–Crippen LogP) is 1.61. The Morgan fingerprint density at radius 1 is 1.32 bits per heavy atom. The van der Waals surface area contributed by atoms with Crippen molar-refractivity contribution in [2.75, 3.05) is 6.61 Å². The maximum absolute atomic E-state index is 10.7. The quantitative estimate of drug-likeness (QED) is 0.739. The van der Waals surface area contributed by atoms with E-state index in [1.807, 2.05) is 6.92 Å². The van der Waals surface area contributed by atoms with Crippen molar-refractivity contribution in [2.24, 2.45) is 7.05 Å². The standard InChI is InChI=1S/C13H15N3O3/c1-3-18-12-6-10(7-17)4-5-11(12)19-8-13-14-9-15-16(13)2/h4-7,9H,3,8H2,1-2H3.